The van der Waals surface area contributed by atoms with Crippen molar-refractivity contribution in [1.29, 1.82) is 0 Å². The summed E-state index contributed by atoms with van der Waals surface area (Å²) < 4.78 is 0. The van der Waals surface area contributed by atoms with Crippen molar-refractivity contribution in [1.82, 2.24) is 4.90 Å². The lowest BCUT2D eigenvalue weighted by Crippen LogP contribution is -2.26. The Morgan fingerprint density at radius 2 is 1.93 bits per heavy atom. The summed E-state index contributed by atoms with van der Waals surface area (Å²) in [4.78, 5) is 12.0. The van der Waals surface area contributed by atoms with Gasteiger partial charge < -0.3 is 4.90 Å². The van der Waals surface area contributed by atoms with Gasteiger partial charge in [-0.1, -0.05) is 40.5 Å². The molecule has 86 valence electrons. The maximum Gasteiger partial charge on any atom is 0.210 e. The van der Waals surface area contributed by atoms with Crippen molar-refractivity contribution < 1.29 is 4.79 Å². The van der Waals surface area contributed by atoms with E-state index >= 15 is 0 Å². The highest BCUT2D eigenvalue weighted by atomic mass is 35.5. The van der Waals surface area contributed by atoms with Gasteiger partial charge in [-0.25, -0.2) is 0 Å². The lowest BCUT2D eigenvalue weighted by atomic mass is 10.0. The minimum absolute atomic E-state index is 0.309. The van der Waals surface area contributed by atoms with E-state index in [1.807, 2.05) is 13.8 Å². The van der Waals surface area contributed by atoms with E-state index < -0.39 is 0 Å². The standard InChI is InChI=1S/C9H18ClNO.C2H6/c1-3-5-9(4-2)6-11(7-10)8-12;1-2/h8-9H,3-7H2,1-2H3;1-2H3. The van der Waals surface area contributed by atoms with E-state index in [4.69, 9.17) is 11.6 Å². The van der Waals surface area contributed by atoms with Crippen molar-refractivity contribution in [3.63, 3.8) is 0 Å². The van der Waals surface area contributed by atoms with E-state index in [0.29, 0.717) is 11.9 Å². The zero-order valence-corrected chi connectivity index (χ0v) is 10.7. The fourth-order valence-electron chi connectivity index (χ4n) is 1.28. The summed E-state index contributed by atoms with van der Waals surface area (Å²) in [5.41, 5.74) is 0. The third kappa shape index (κ3) is 8.36. The van der Waals surface area contributed by atoms with Gasteiger partial charge in [0.05, 0.1) is 6.00 Å². The Morgan fingerprint density at radius 3 is 2.21 bits per heavy atom. The van der Waals surface area contributed by atoms with Crippen molar-refractivity contribution in [3.05, 3.63) is 0 Å². The average Bonchev–Trinajstić information content (AvgIpc) is 2.27. The predicted molar refractivity (Wildman–Crippen MR) is 63.5 cm³/mol. The molecule has 14 heavy (non-hydrogen) atoms. The summed E-state index contributed by atoms with van der Waals surface area (Å²) in [7, 11) is 0. The van der Waals surface area contributed by atoms with Gasteiger partial charge in [-0.15, -0.1) is 11.6 Å². The van der Waals surface area contributed by atoms with Crippen LogP contribution in [0.5, 0.6) is 0 Å². The molecule has 3 heteroatoms. The molecule has 1 atom stereocenters. The van der Waals surface area contributed by atoms with Crippen LogP contribution < -0.4 is 0 Å². The molecule has 0 spiro atoms. The number of rotatable bonds is 7. The minimum atomic E-state index is 0.309. The first-order valence-electron chi connectivity index (χ1n) is 5.53. The first-order chi connectivity index (χ1) is 6.78. The Labute approximate surface area is 93.6 Å². The van der Waals surface area contributed by atoms with Crippen LogP contribution in [-0.2, 0) is 4.79 Å². The number of halogens is 1. The summed E-state index contributed by atoms with van der Waals surface area (Å²) in [5, 5.41) is 0. The molecule has 0 aliphatic rings. The monoisotopic (exact) mass is 221 g/mol. The number of alkyl halides is 1. The number of hydrogen-bond donors (Lipinski definition) is 0. The molecule has 0 aromatic heterocycles. The predicted octanol–water partition coefficient (Wildman–Crippen LogP) is 3.49. The zero-order chi connectivity index (χ0) is 11.4. The number of hydrogen-bond acceptors (Lipinski definition) is 1. The fraction of sp³-hybridized carbons (Fsp3) is 0.909. The van der Waals surface area contributed by atoms with Crippen LogP contribution in [0.4, 0.5) is 0 Å². The molecule has 0 rings (SSSR count). The van der Waals surface area contributed by atoms with Crippen LogP contribution in [0.1, 0.15) is 47.0 Å². The normalized spacial score (nSPS) is 11.2. The Kier molecular flexibility index (Phi) is 14.8. The van der Waals surface area contributed by atoms with E-state index in [2.05, 4.69) is 13.8 Å². The number of amides is 1. The topological polar surface area (TPSA) is 20.3 Å². The lowest BCUT2D eigenvalue weighted by Gasteiger charge is -2.20. The number of carbonyl (C=O) groups is 1. The van der Waals surface area contributed by atoms with E-state index in [1.54, 1.807) is 4.90 Å². The van der Waals surface area contributed by atoms with Crippen molar-refractivity contribution in [2.45, 2.75) is 47.0 Å². The van der Waals surface area contributed by atoms with Crippen LogP contribution in [0.2, 0.25) is 0 Å². The average molecular weight is 222 g/mol. The van der Waals surface area contributed by atoms with Gasteiger partial charge in [-0.05, 0) is 12.3 Å². The second-order valence-electron chi connectivity index (χ2n) is 3.06. The second-order valence-corrected chi connectivity index (χ2v) is 3.30. The van der Waals surface area contributed by atoms with Gasteiger partial charge in [0.15, 0.2) is 0 Å². The molecule has 0 aliphatic heterocycles. The fourth-order valence-corrected chi connectivity index (χ4v) is 1.44. The second kappa shape index (κ2) is 12.8. The molecule has 0 heterocycles. The van der Waals surface area contributed by atoms with Gasteiger partial charge >= 0.3 is 0 Å². The Morgan fingerprint density at radius 1 is 1.36 bits per heavy atom. The molecule has 0 N–H and O–H groups in total. The van der Waals surface area contributed by atoms with Crippen LogP contribution in [0.25, 0.3) is 0 Å². The Balaban J connectivity index is 0. The summed E-state index contributed by atoms with van der Waals surface area (Å²) in [6, 6.07) is 0.309. The van der Waals surface area contributed by atoms with E-state index in [1.165, 1.54) is 12.8 Å². The van der Waals surface area contributed by atoms with Gasteiger partial charge in [0.2, 0.25) is 6.41 Å². The highest BCUT2D eigenvalue weighted by molar-refractivity contribution is 6.18. The van der Waals surface area contributed by atoms with Crippen LogP contribution in [0.15, 0.2) is 0 Å². The first-order valence-corrected chi connectivity index (χ1v) is 6.07. The summed E-state index contributed by atoms with van der Waals surface area (Å²) >= 11 is 5.56. The molecule has 0 saturated carbocycles. The van der Waals surface area contributed by atoms with E-state index in [-0.39, 0.29) is 0 Å². The van der Waals surface area contributed by atoms with Crippen molar-refractivity contribution >= 4 is 18.0 Å². The first kappa shape index (κ1) is 16.2. The van der Waals surface area contributed by atoms with Gasteiger partial charge in [0, 0.05) is 6.54 Å². The van der Waals surface area contributed by atoms with Gasteiger partial charge in [-0.3, -0.25) is 4.79 Å². The molecule has 0 aromatic carbocycles. The molecular weight excluding hydrogens is 198 g/mol. The third-order valence-corrected chi connectivity index (χ3v) is 2.38. The molecule has 1 amide bonds. The molecule has 0 aromatic rings. The lowest BCUT2D eigenvalue weighted by molar-refractivity contribution is -0.117. The minimum Gasteiger partial charge on any atom is -0.331 e. The van der Waals surface area contributed by atoms with Crippen LogP contribution in [0.3, 0.4) is 0 Å². The third-order valence-electron chi connectivity index (χ3n) is 2.07. The van der Waals surface area contributed by atoms with Gasteiger partial charge in [0.1, 0.15) is 0 Å². The van der Waals surface area contributed by atoms with Crippen molar-refractivity contribution in [3.8, 4) is 0 Å². The molecule has 0 fully saturated rings. The van der Waals surface area contributed by atoms with Crippen LogP contribution in [0, 0.1) is 5.92 Å². The highest BCUT2D eigenvalue weighted by Crippen LogP contribution is 2.11. The van der Waals surface area contributed by atoms with Crippen LogP contribution in [-0.4, -0.2) is 23.9 Å². The molecule has 0 radical (unpaired) electrons. The Hall–Kier alpha value is -0.240. The summed E-state index contributed by atoms with van der Waals surface area (Å²) in [6.07, 6.45) is 4.30. The molecular formula is C11H24ClNO. The smallest absolute Gasteiger partial charge is 0.210 e. The maximum atomic E-state index is 10.4. The quantitative estimate of drug-likeness (QED) is 0.366. The number of nitrogens with zero attached hydrogens (tertiary/aromatic N) is 1. The Bertz CT molecular complexity index is 120. The van der Waals surface area contributed by atoms with E-state index in [0.717, 1.165) is 19.4 Å². The summed E-state index contributed by atoms with van der Waals surface area (Å²) in [6.45, 7) is 9.11. The maximum absolute atomic E-state index is 10.4. The molecule has 0 saturated heterocycles. The van der Waals surface area contributed by atoms with E-state index in [9.17, 15) is 4.79 Å². The molecule has 0 bridgehead atoms. The molecule has 1 unspecified atom stereocenters. The van der Waals surface area contributed by atoms with Crippen molar-refractivity contribution in [2.24, 2.45) is 5.92 Å². The SMILES string of the molecule is CC.CCCC(CC)CN(C=O)CCl. The number of carbonyl (C=O) groups excluding carboxylic acids is 1. The van der Waals surface area contributed by atoms with Crippen molar-refractivity contribution in [2.75, 3.05) is 12.5 Å². The summed E-state index contributed by atoms with van der Waals surface area (Å²) in [5.74, 6) is 0.610. The van der Waals surface area contributed by atoms with Gasteiger partial charge in [-0.2, -0.15) is 0 Å². The van der Waals surface area contributed by atoms with Gasteiger partial charge in [0.25, 0.3) is 0 Å². The largest absolute Gasteiger partial charge is 0.331 e. The molecule has 0 aliphatic carbocycles. The zero-order valence-electron chi connectivity index (χ0n) is 9.92. The molecule has 2 nitrogen and oxygen atoms in total. The highest BCUT2D eigenvalue weighted by Gasteiger charge is 2.08. The van der Waals surface area contributed by atoms with Crippen LogP contribution >= 0.6 is 11.6 Å².